The van der Waals surface area contributed by atoms with Crippen molar-refractivity contribution >= 4 is 17.9 Å². The van der Waals surface area contributed by atoms with Crippen LogP contribution in [0.25, 0.3) is 0 Å². The summed E-state index contributed by atoms with van der Waals surface area (Å²) in [6.07, 6.45) is 0. The molecule has 0 aromatic heterocycles. The molecular weight excluding hydrogens is 255 g/mol. The van der Waals surface area contributed by atoms with E-state index in [2.05, 4.69) is 5.32 Å². The Labute approximate surface area is 107 Å². The topological polar surface area (TPSA) is 86.7 Å². The number of halogens is 1. The van der Waals surface area contributed by atoms with E-state index >= 15 is 0 Å². The third kappa shape index (κ3) is 2.40. The predicted molar refractivity (Wildman–Crippen MR) is 61.8 cm³/mol. The Balaban J connectivity index is 2.27. The van der Waals surface area contributed by atoms with Crippen LogP contribution in [-0.4, -0.2) is 34.5 Å². The molecule has 7 heteroatoms. The monoisotopic (exact) mass is 266 g/mol. The fourth-order valence-electron chi connectivity index (χ4n) is 1.88. The summed E-state index contributed by atoms with van der Waals surface area (Å²) in [4.78, 5) is 34.6. The minimum atomic E-state index is -1.28. The number of carbonyl (C=O) groups is 3. The molecule has 2 N–H and O–H groups in total. The number of amides is 3. The molecule has 100 valence electrons. The third-order valence-electron chi connectivity index (χ3n) is 2.83. The van der Waals surface area contributed by atoms with Crippen molar-refractivity contribution in [2.75, 3.05) is 6.54 Å². The Morgan fingerprint density at radius 1 is 1.47 bits per heavy atom. The van der Waals surface area contributed by atoms with Crippen molar-refractivity contribution < 1.29 is 23.9 Å². The molecule has 19 heavy (non-hydrogen) atoms. The van der Waals surface area contributed by atoms with Crippen LogP contribution in [0, 0.1) is 12.7 Å². The second-order valence-electron chi connectivity index (χ2n) is 4.21. The molecule has 0 spiro atoms. The lowest BCUT2D eigenvalue weighted by Gasteiger charge is -2.11. The number of rotatable bonds is 3. The van der Waals surface area contributed by atoms with Gasteiger partial charge in [-0.3, -0.25) is 14.5 Å². The van der Waals surface area contributed by atoms with Crippen molar-refractivity contribution in [2.45, 2.75) is 13.0 Å². The molecule has 2 rings (SSSR count). The number of imide groups is 1. The van der Waals surface area contributed by atoms with Gasteiger partial charge in [0.15, 0.2) is 0 Å². The highest BCUT2D eigenvalue weighted by atomic mass is 19.1. The first-order chi connectivity index (χ1) is 8.90. The van der Waals surface area contributed by atoms with E-state index in [9.17, 15) is 18.8 Å². The second kappa shape index (κ2) is 4.68. The van der Waals surface area contributed by atoms with Crippen LogP contribution in [0.5, 0.6) is 0 Å². The average Bonchev–Trinajstić information content (AvgIpc) is 2.60. The lowest BCUT2D eigenvalue weighted by Crippen LogP contribution is -2.35. The number of aliphatic carboxylic acids is 1. The first-order valence-electron chi connectivity index (χ1n) is 5.50. The van der Waals surface area contributed by atoms with Gasteiger partial charge in [0.2, 0.25) is 0 Å². The van der Waals surface area contributed by atoms with Crippen molar-refractivity contribution in [2.24, 2.45) is 0 Å². The zero-order valence-electron chi connectivity index (χ0n) is 10.0. The molecule has 3 amide bonds. The van der Waals surface area contributed by atoms with E-state index in [4.69, 9.17) is 5.11 Å². The normalized spacial score (nSPS) is 18.6. The molecule has 0 bridgehead atoms. The molecule has 1 heterocycles. The van der Waals surface area contributed by atoms with Crippen LogP contribution in [0.2, 0.25) is 0 Å². The number of carbonyl (C=O) groups excluding carboxylic acids is 2. The molecule has 6 nitrogen and oxygen atoms in total. The Hall–Kier alpha value is -2.44. The number of urea groups is 1. The fraction of sp³-hybridized carbons (Fsp3) is 0.250. The van der Waals surface area contributed by atoms with Gasteiger partial charge < -0.3 is 10.4 Å². The van der Waals surface area contributed by atoms with E-state index in [1.54, 1.807) is 0 Å². The molecular formula is C12H11FN2O4. The number of nitrogens with one attached hydrogen (secondary N) is 1. The van der Waals surface area contributed by atoms with E-state index in [1.165, 1.54) is 25.1 Å². The highest BCUT2D eigenvalue weighted by Gasteiger charge is 2.39. The van der Waals surface area contributed by atoms with Crippen LogP contribution in [0.15, 0.2) is 18.2 Å². The Morgan fingerprint density at radius 3 is 2.74 bits per heavy atom. The molecule has 0 saturated carbocycles. The summed E-state index contributed by atoms with van der Waals surface area (Å²) in [7, 11) is 0. The van der Waals surface area contributed by atoms with E-state index in [0.717, 1.165) is 0 Å². The van der Waals surface area contributed by atoms with Crippen LogP contribution < -0.4 is 5.32 Å². The van der Waals surface area contributed by atoms with E-state index in [0.29, 0.717) is 16.0 Å². The SMILES string of the molecule is Cc1cc(C2NC(=O)N(CC(=O)O)C2=O)ccc1F. The predicted octanol–water partition coefficient (Wildman–Crippen LogP) is 0.812. The zero-order chi connectivity index (χ0) is 14.2. The first-order valence-corrected chi connectivity index (χ1v) is 5.50. The molecule has 1 aromatic rings. The number of nitrogens with zero attached hydrogens (tertiary/aromatic N) is 1. The summed E-state index contributed by atoms with van der Waals surface area (Å²) in [5, 5.41) is 11.0. The smallest absolute Gasteiger partial charge is 0.325 e. The number of hydrogen-bond acceptors (Lipinski definition) is 3. The van der Waals surface area contributed by atoms with Crippen molar-refractivity contribution in [3.05, 3.63) is 35.1 Å². The second-order valence-corrected chi connectivity index (χ2v) is 4.21. The summed E-state index contributed by atoms with van der Waals surface area (Å²) in [5.74, 6) is -2.35. The maximum atomic E-state index is 13.1. The van der Waals surface area contributed by atoms with Gasteiger partial charge in [0, 0.05) is 0 Å². The number of carboxylic acid groups (broad SMARTS) is 1. The number of benzene rings is 1. The lowest BCUT2D eigenvalue weighted by molar-refractivity contribution is -0.141. The molecule has 0 radical (unpaired) electrons. The Kier molecular flexibility index (Phi) is 3.20. The van der Waals surface area contributed by atoms with Gasteiger partial charge in [-0.25, -0.2) is 9.18 Å². The van der Waals surface area contributed by atoms with Crippen molar-refractivity contribution in [3.8, 4) is 0 Å². The average molecular weight is 266 g/mol. The highest BCUT2D eigenvalue weighted by Crippen LogP contribution is 2.23. The minimum absolute atomic E-state index is 0.344. The Morgan fingerprint density at radius 2 is 2.16 bits per heavy atom. The van der Waals surface area contributed by atoms with Gasteiger partial charge in [0.05, 0.1) is 0 Å². The lowest BCUT2D eigenvalue weighted by atomic mass is 10.0. The summed E-state index contributed by atoms with van der Waals surface area (Å²) < 4.78 is 13.1. The van der Waals surface area contributed by atoms with Gasteiger partial charge in [0.25, 0.3) is 5.91 Å². The van der Waals surface area contributed by atoms with Crippen LogP contribution in [0.3, 0.4) is 0 Å². The fourth-order valence-corrected chi connectivity index (χ4v) is 1.88. The highest BCUT2D eigenvalue weighted by molar-refractivity contribution is 6.06. The van der Waals surface area contributed by atoms with E-state index < -0.39 is 36.3 Å². The van der Waals surface area contributed by atoms with Crippen molar-refractivity contribution in [1.82, 2.24) is 10.2 Å². The quantitative estimate of drug-likeness (QED) is 0.793. The van der Waals surface area contributed by atoms with Crippen LogP contribution in [0.1, 0.15) is 17.2 Å². The summed E-state index contributed by atoms with van der Waals surface area (Å²) in [6, 6.07) is 2.30. The molecule has 0 aliphatic carbocycles. The number of hydrogen-bond donors (Lipinski definition) is 2. The standard InChI is InChI=1S/C12H11FN2O4/c1-6-4-7(2-3-8(6)13)10-11(18)15(5-9(16)17)12(19)14-10/h2-4,10H,5H2,1H3,(H,14,19)(H,16,17). The molecule has 1 aromatic carbocycles. The molecule has 1 fully saturated rings. The molecule has 1 saturated heterocycles. The minimum Gasteiger partial charge on any atom is -0.480 e. The molecule has 1 aliphatic heterocycles. The number of aryl methyl sites for hydroxylation is 1. The maximum absolute atomic E-state index is 13.1. The van der Waals surface area contributed by atoms with E-state index in [1.807, 2.05) is 0 Å². The summed E-state index contributed by atoms with van der Waals surface area (Å²) in [5.41, 5.74) is 0.765. The van der Waals surface area contributed by atoms with Gasteiger partial charge in [-0.1, -0.05) is 12.1 Å². The van der Waals surface area contributed by atoms with E-state index in [-0.39, 0.29) is 0 Å². The van der Waals surface area contributed by atoms with Gasteiger partial charge in [-0.2, -0.15) is 0 Å². The summed E-state index contributed by atoms with van der Waals surface area (Å²) in [6.45, 7) is 0.844. The van der Waals surface area contributed by atoms with Crippen LogP contribution >= 0.6 is 0 Å². The van der Waals surface area contributed by atoms with Crippen LogP contribution in [-0.2, 0) is 9.59 Å². The maximum Gasteiger partial charge on any atom is 0.325 e. The number of carboxylic acids is 1. The summed E-state index contributed by atoms with van der Waals surface area (Å²) >= 11 is 0. The van der Waals surface area contributed by atoms with Gasteiger partial charge in [-0.05, 0) is 24.1 Å². The van der Waals surface area contributed by atoms with Crippen molar-refractivity contribution in [1.29, 1.82) is 0 Å². The molecule has 1 aliphatic rings. The molecule has 1 atom stereocenters. The largest absolute Gasteiger partial charge is 0.480 e. The van der Waals surface area contributed by atoms with Gasteiger partial charge in [-0.15, -0.1) is 0 Å². The third-order valence-corrected chi connectivity index (χ3v) is 2.83. The van der Waals surface area contributed by atoms with Gasteiger partial charge in [0.1, 0.15) is 18.4 Å². The zero-order valence-corrected chi connectivity index (χ0v) is 10.0. The Bertz CT molecular complexity index is 573. The molecule has 1 unspecified atom stereocenters. The van der Waals surface area contributed by atoms with Gasteiger partial charge >= 0.3 is 12.0 Å². The van der Waals surface area contributed by atoms with Crippen molar-refractivity contribution in [3.63, 3.8) is 0 Å². The van der Waals surface area contributed by atoms with Crippen LogP contribution in [0.4, 0.5) is 9.18 Å². The first kappa shape index (κ1) is 13.0.